The van der Waals surface area contributed by atoms with Crippen molar-refractivity contribution < 1.29 is 23.8 Å². The number of benzene rings is 2. The normalized spacial score (nSPS) is 16.1. The first-order chi connectivity index (χ1) is 18.2. The zero-order chi connectivity index (χ0) is 29.4. The number of ether oxygens (including phenoxy) is 2. The van der Waals surface area contributed by atoms with Gasteiger partial charge in [0.15, 0.2) is 8.32 Å². The van der Waals surface area contributed by atoms with Crippen LogP contribution in [0.1, 0.15) is 66.1 Å². The highest BCUT2D eigenvalue weighted by Gasteiger charge is 2.40. The maximum absolute atomic E-state index is 13.4. The molecule has 2 aromatic carbocycles. The maximum Gasteiger partial charge on any atom is 0.225 e. The molecule has 39 heavy (non-hydrogen) atoms. The summed E-state index contributed by atoms with van der Waals surface area (Å²) in [6, 6.07) is 16.8. The lowest BCUT2D eigenvalue weighted by atomic mass is 9.90. The van der Waals surface area contributed by atoms with Crippen LogP contribution < -0.4 is 9.47 Å². The fourth-order valence-corrected chi connectivity index (χ4v) is 5.94. The molecule has 0 saturated heterocycles. The average Bonchev–Trinajstić information content (AvgIpc) is 2.90. The van der Waals surface area contributed by atoms with Crippen LogP contribution in [0.25, 0.3) is 0 Å². The van der Waals surface area contributed by atoms with E-state index in [1.807, 2.05) is 68.4 Å². The Balaban J connectivity index is 2.07. The van der Waals surface area contributed by atoms with Crippen molar-refractivity contribution in [2.24, 2.45) is 11.8 Å². The van der Waals surface area contributed by atoms with Crippen LogP contribution in [0.15, 0.2) is 54.6 Å². The Morgan fingerprint density at radius 1 is 0.974 bits per heavy atom. The van der Waals surface area contributed by atoms with E-state index in [2.05, 4.69) is 40.8 Å². The third-order valence-corrected chi connectivity index (χ3v) is 12.8. The van der Waals surface area contributed by atoms with E-state index in [9.17, 15) is 9.90 Å². The van der Waals surface area contributed by atoms with Gasteiger partial charge in [-0.3, -0.25) is 4.79 Å². The van der Waals surface area contributed by atoms with Crippen molar-refractivity contribution in [3.05, 3.63) is 60.2 Å². The number of carbonyl (C=O) groups excluding carboxylic acids is 1. The van der Waals surface area contributed by atoms with Gasteiger partial charge >= 0.3 is 0 Å². The molecule has 0 unspecified atom stereocenters. The summed E-state index contributed by atoms with van der Waals surface area (Å²) in [5.74, 6) is 1.57. The van der Waals surface area contributed by atoms with Gasteiger partial charge in [-0.15, -0.1) is 0 Å². The predicted octanol–water partition coefficient (Wildman–Crippen LogP) is 7.10. The van der Waals surface area contributed by atoms with E-state index in [-0.39, 0.29) is 34.9 Å². The fraction of sp³-hybridized carbons (Fsp3) is 0.594. The third-order valence-electron chi connectivity index (χ3n) is 8.32. The molecule has 6 nitrogen and oxygen atoms in total. The molecule has 0 saturated carbocycles. The van der Waals surface area contributed by atoms with Crippen LogP contribution in [0.5, 0.6) is 11.5 Å². The summed E-state index contributed by atoms with van der Waals surface area (Å²) in [5.41, 5.74) is 0.811. The topological polar surface area (TPSA) is 68.2 Å². The SMILES string of the molecule is COc1ccc(OCC[C@@H](O[Si](C)(C)C(C)(C)C)[C@@H](C)C[C@H](C)C(=O)N(C)[C@@H](C)[C@@H](O)c2ccccc2)cc1. The average molecular weight is 558 g/mol. The molecule has 0 aliphatic carbocycles. The number of methoxy groups -OCH3 is 1. The van der Waals surface area contributed by atoms with Gasteiger partial charge in [-0.1, -0.05) is 65.0 Å². The quantitative estimate of drug-likeness (QED) is 0.251. The van der Waals surface area contributed by atoms with Crippen molar-refractivity contribution in [3.8, 4) is 11.5 Å². The number of likely N-dealkylation sites (N-methyl/N-ethyl adjacent to an activating group) is 1. The Bertz CT molecular complexity index is 1010. The van der Waals surface area contributed by atoms with Crippen molar-refractivity contribution in [2.45, 2.75) is 90.8 Å². The summed E-state index contributed by atoms with van der Waals surface area (Å²) in [7, 11) is 1.39. The summed E-state index contributed by atoms with van der Waals surface area (Å²) < 4.78 is 18.2. The van der Waals surface area contributed by atoms with E-state index >= 15 is 0 Å². The summed E-state index contributed by atoms with van der Waals surface area (Å²) >= 11 is 0. The summed E-state index contributed by atoms with van der Waals surface area (Å²) in [6.45, 7) is 17.9. The molecule has 0 spiro atoms. The molecular weight excluding hydrogens is 506 g/mol. The highest BCUT2D eigenvalue weighted by Crippen LogP contribution is 2.39. The second kappa shape index (κ2) is 14.3. The fourth-order valence-electron chi connectivity index (χ4n) is 4.48. The number of aliphatic hydroxyl groups excluding tert-OH is 1. The molecule has 1 N–H and O–H groups in total. The van der Waals surface area contributed by atoms with Crippen molar-refractivity contribution in [1.82, 2.24) is 4.90 Å². The van der Waals surface area contributed by atoms with Gasteiger partial charge in [0, 0.05) is 19.4 Å². The third kappa shape index (κ3) is 9.36. The molecule has 0 fully saturated rings. The van der Waals surface area contributed by atoms with Crippen LogP contribution >= 0.6 is 0 Å². The Morgan fingerprint density at radius 2 is 1.54 bits per heavy atom. The summed E-state index contributed by atoms with van der Waals surface area (Å²) in [6.07, 6.45) is 0.658. The molecule has 0 bridgehead atoms. The molecule has 0 radical (unpaired) electrons. The van der Waals surface area contributed by atoms with Crippen LogP contribution in [0.4, 0.5) is 0 Å². The highest BCUT2D eigenvalue weighted by molar-refractivity contribution is 6.74. The lowest BCUT2D eigenvalue weighted by Gasteiger charge is -2.41. The van der Waals surface area contributed by atoms with E-state index in [1.165, 1.54) is 0 Å². The van der Waals surface area contributed by atoms with Gasteiger partial charge in [-0.05, 0) is 67.2 Å². The van der Waals surface area contributed by atoms with Crippen molar-refractivity contribution in [3.63, 3.8) is 0 Å². The Labute approximate surface area is 237 Å². The summed E-state index contributed by atoms with van der Waals surface area (Å²) in [4.78, 5) is 15.1. The largest absolute Gasteiger partial charge is 0.497 e. The van der Waals surface area contributed by atoms with Crippen LogP contribution in [0.3, 0.4) is 0 Å². The first kappa shape index (κ1) is 32.9. The minimum absolute atomic E-state index is 0.0305. The van der Waals surface area contributed by atoms with E-state index in [4.69, 9.17) is 13.9 Å². The predicted molar refractivity (Wildman–Crippen MR) is 162 cm³/mol. The lowest BCUT2D eigenvalue weighted by Crippen LogP contribution is -2.46. The van der Waals surface area contributed by atoms with Crippen molar-refractivity contribution >= 4 is 14.2 Å². The van der Waals surface area contributed by atoms with Gasteiger partial charge in [0.25, 0.3) is 0 Å². The highest BCUT2D eigenvalue weighted by atomic mass is 28.4. The van der Waals surface area contributed by atoms with E-state index in [0.29, 0.717) is 13.0 Å². The van der Waals surface area contributed by atoms with Gasteiger partial charge < -0.3 is 23.9 Å². The molecule has 2 rings (SSSR count). The lowest BCUT2D eigenvalue weighted by molar-refractivity contribution is -0.138. The minimum Gasteiger partial charge on any atom is -0.497 e. The van der Waals surface area contributed by atoms with Crippen molar-refractivity contribution in [2.75, 3.05) is 20.8 Å². The molecule has 7 heteroatoms. The van der Waals surface area contributed by atoms with Crippen molar-refractivity contribution in [1.29, 1.82) is 0 Å². The molecular formula is C32H51NO5Si. The molecule has 0 heterocycles. The first-order valence-electron chi connectivity index (χ1n) is 14.1. The molecule has 2 aromatic rings. The van der Waals surface area contributed by atoms with E-state index in [0.717, 1.165) is 23.5 Å². The number of carbonyl (C=O) groups is 1. The summed E-state index contributed by atoms with van der Waals surface area (Å²) in [5, 5.41) is 10.9. The molecule has 5 atom stereocenters. The van der Waals surface area contributed by atoms with Gasteiger partial charge in [-0.25, -0.2) is 0 Å². The molecule has 0 aliphatic rings. The van der Waals surface area contributed by atoms with Crippen LogP contribution in [-0.4, -0.2) is 57.1 Å². The van der Waals surface area contributed by atoms with E-state index < -0.39 is 14.4 Å². The van der Waals surface area contributed by atoms with Crippen LogP contribution in [-0.2, 0) is 9.22 Å². The molecule has 0 aromatic heterocycles. The zero-order valence-corrected chi connectivity index (χ0v) is 26.7. The standard InChI is InChI=1S/C32H51NO5Si/c1-23(22-24(2)31(35)33(7)25(3)30(34)26-14-12-11-13-15-26)29(38-39(9,10)32(4,5)6)20-21-37-28-18-16-27(36-8)17-19-28/h11-19,23-25,29-30,34H,20-22H2,1-10H3/t23-,24-,25-,29+,30+/m0/s1. The monoisotopic (exact) mass is 557 g/mol. The molecule has 1 amide bonds. The van der Waals surface area contributed by atoms with Gasteiger partial charge in [-0.2, -0.15) is 0 Å². The number of aliphatic hydroxyl groups is 1. The minimum atomic E-state index is -2.04. The Hall–Kier alpha value is -2.35. The number of nitrogens with zero attached hydrogens (tertiary/aromatic N) is 1. The second-order valence-corrected chi connectivity index (χ2v) is 17.1. The molecule has 0 aliphatic heterocycles. The Kier molecular flexibility index (Phi) is 12.1. The number of rotatable bonds is 14. The Morgan fingerprint density at radius 3 is 2.08 bits per heavy atom. The van der Waals surface area contributed by atoms with Gasteiger partial charge in [0.1, 0.15) is 11.5 Å². The number of hydrogen-bond donors (Lipinski definition) is 1. The van der Waals surface area contributed by atoms with Gasteiger partial charge in [0.2, 0.25) is 5.91 Å². The van der Waals surface area contributed by atoms with E-state index in [1.54, 1.807) is 19.1 Å². The van der Waals surface area contributed by atoms with Gasteiger partial charge in [0.05, 0.1) is 32.0 Å². The second-order valence-electron chi connectivity index (χ2n) is 12.4. The maximum atomic E-state index is 13.4. The first-order valence-corrected chi connectivity index (χ1v) is 17.0. The number of hydrogen-bond acceptors (Lipinski definition) is 5. The van der Waals surface area contributed by atoms with Crippen LogP contribution in [0, 0.1) is 11.8 Å². The zero-order valence-electron chi connectivity index (χ0n) is 25.7. The molecule has 218 valence electrons. The smallest absolute Gasteiger partial charge is 0.225 e. The number of amides is 1. The van der Waals surface area contributed by atoms with Crippen LogP contribution in [0.2, 0.25) is 18.1 Å².